The molecule has 0 saturated carbocycles. The van der Waals surface area contributed by atoms with Crippen molar-refractivity contribution in [1.29, 1.82) is 0 Å². The molecule has 0 fully saturated rings. The third-order valence-electron chi connectivity index (χ3n) is 3.06. The summed E-state index contributed by atoms with van der Waals surface area (Å²) in [5, 5.41) is 9.26. The zero-order chi connectivity index (χ0) is 15.5. The van der Waals surface area contributed by atoms with E-state index in [2.05, 4.69) is 0 Å². The van der Waals surface area contributed by atoms with Crippen molar-refractivity contribution in [3.8, 4) is 5.75 Å². The third kappa shape index (κ3) is 3.98. The van der Waals surface area contributed by atoms with Crippen LogP contribution in [0.1, 0.15) is 22.3 Å². The van der Waals surface area contributed by atoms with Crippen LogP contribution in [0.2, 0.25) is 0 Å². The molecule has 0 amide bonds. The molecule has 21 heavy (non-hydrogen) atoms. The molecule has 2 rings (SSSR count). The number of aliphatic hydroxyl groups excluding tert-OH is 1. The van der Waals surface area contributed by atoms with Crippen molar-refractivity contribution in [2.45, 2.75) is 26.3 Å². The van der Waals surface area contributed by atoms with Crippen molar-refractivity contribution in [3.63, 3.8) is 0 Å². The molecule has 2 nitrogen and oxygen atoms in total. The first-order chi connectivity index (χ1) is 9.90. The molecular formula is C16H15F3O2. The number of ether oxygens (including phenoxy) is 1. The fraction of sp³-hybridized carbons (Fsp3) is 0.250. The largest absolute Gasteiger partial charge is 0.489 e. The summed E-state index contributed by atoms with van der Waals surface area (Å²) >= 11 is 0. The lowest BCUT2D eigenvalue weighted by atomic mass is 10.1. The number of alkyl halides is 3. The quantitative estimate of drug-likeness (QED) is 0.921. The summed E-state index contributed by atoms with van der Waals surface area (Å²) in [4.78, 5) is 0. The van der Waals surface area contributed by atoms with Gasteiger partial charge in [-0.25, -0.2) is 0 Å². The summed E-state index contributed by atoms with van der Waals surface area (Å²) in [6.07, 6.45) is -4.33. The second-order valence-corrected chi connectivity index (χ2v) is 4.75. The molecule has 0 unspecified atom stereocenters. The Balaban J connectivity index is 2.07. The van der Waals surface area contributed by atoms with E-state index in [4.69, 9.17) is 4.74 Å². The minimum absolute atomic E-state index is 0.147. The van der Waals surface area contributed by atoms with E-state index < -0.39 is 11.7 Å². The van der Waals surface area contributed by atoms with Gasteiger partial charge in [0.2, 0.25) is 0 Å². The van der Waals surface area contributed by atoms with Gasteiger partial charge >= 0.3 is 6.18 Å². The summed E-state index contributed by atoms with van der Waals surface area (Å²) in [6, 6.07) is 10.2. The third-order valence-corrected chi connectivity index (χ3v) is 3.06. The fourth-order valence-corrected chi connectivity index (χ4v) is 1.92. The molecule has 0 spiro atoms. The molecule has 2 aromatic carbocycles. The van der Waals surface area contributed by atoms with E-state index >= 15 is 0 Å². The van der Waals surface area contributed by atoms with Gasteiger partial charge in [-0.05, 0) is 30.7 Å². The van der Waals surface area contributed by atoms with Crippen molar-refractivity contribution in [1.82, 2.24) is 0 Å². The maximum absolute atomic E-state index is 12.4. The summed E-state index contributed by atoms with van der Waals surface area (Å²) < 4.78 is 42.9. The monoisotopic (exact) mass is 296 g/mol. The maximum Gasteiger partial charge on any atom is 0.416 e. The summed E-state index contributed by atoms with van der Waals surface area (Å²) in [5.41, 5.74) is 1.60. The average molecular weight is 296 g/mol. The van der Waals surface area contributed by atoms with Crippen LogP contribution in [0.4, 0.5) is 13.2 Å². The molecule has 0 aliphatic heterocycles. The topological polar surface area (TPSA) is 29.5 Å². The van der Waals surface area contributed by atoms with Crippen LogP contribution >= 0.6 is 0 Å². The Hall–Kier alpha value is -2.01. The predicted molar refractivity (Wildman–Crippen MR) is 72.9 cm³/mol. The van der Waals surface area contributed by atoms with Gasteiger partial charge in [0.1, 0.15) is 12.4 Å². The Morgan fingerprint density at radius 3 is 2.29 bits per heavy atom. The van der Waals surface area contributed by atoms with Crippen molar-refractivity contribution in [2.75, 3.05) is 0 Å². The molecule has 0 heterocycles. The van der Waals surface area contributed by atoms with Crippen molar-refractivity contribution < 1.29 is 23.0 Å². The van der Waals surface area contributed by atoms with Gasteiger partial charge in [-0.2, -0.15) is 13.2 Å². The number of benzene rings is 2. The Labute approximate surface area is 120 Å². The fourth-order valence-electron chi connectivity index (χ4n) is 1.92. The second kappa shape index (κ2) is 6.18. The molecule has 0 atom stereocenters. The van der Waals surface area contributed by atoms with Gasteiger partial charge in [0.15, 0.2) is 0 Å². The van der Waals surface area contributed by atoms with E-state index in [9.17, 15) is 18.3 Å². The first kappa shape index (κ1) is 15.4. The molecule has 2 aromatic rings. The standard InChI is InChI=1S/C16H15F3O2/c1-11-2-7-15(13(8-11)9-20)21-10-12-3-5-14(6-4-12)16(17,18)19/h2-8,20H,9-10H2,1H3. The van der Waals surface area contributed by atoms with E-state index in [1.807, 2.05) is 19.1 Å². The first-order valence-corrected chi connectivity index (χ1v) is 6.39. The van der Waals surface area contributed by atoms with Crippen LogP contribution in [-0.4, -0.2) is 5.11 Å². The molecule has 0 saturated heterocycles. The lowest BCUT2D eigenvalue weighted by molar-refractivity contribution is -0.137. The lowest BCUT2D eigenvalue weighted by Gasteiger charge is -2.12. The summed E-state index contributed by atoms with van der Waals surface area (Å²) in [5.74, 6) is 0.531. The minimum atomic E-state index is -4.33. The molecule has 0 bridgehead atoms. The highest BCUT2D eigenvalue weighted by Gasteiger charge is 2.29. The van der Waals surface area contributed by atoms with Crippen molar-refractivity contribution in [3.05, 3.63) is 64.7 Å². The second-order valence-electron chi connectivity index (χ2n) is 4.75. The van der Waals surface area contributed by atoms with E-state index in [1.165, 1.54) is 12.1 Å². The highest BCUT2D eigenvalue weighted by atomic mass is 19.4. The molecule has 0 aliphatic carbocycles. The molecule has 0 aliphatic rings. The van der Waals surface area contributed by atoms with Crippen LogP contribution in [0.3, 0.4) is 0 Å². The van der Waals surface area contributed by atoms with Gasteiger partial charge in [-0.15, -0.1) is 0 Å². The van der Waals surface area contributed by atoms with E-state index in [1.54, 1.807) is 6.07 Å². The highest BCUT2D eigenvalue weighted by Crippen LogP contribution is 2.29. The highest BCUT2D eigenvalue weighted by molar-refractivity contribution is 5.36. The van der Waals surface area contributed by atoms with Crippen LogP contribution in [-0.2, 0) is 19.4 Å². The summed E-state index contributed by atoms with van der Waals surface area (Å²) in [6.45, 7) is 1.90. The Kier molecular flexibility index (Phi) is 4.53. The first-order valence-electron chi connectivity index (χ1n) is 6.39. The smallest absolute Gasteiger partial charge is 0.416 e. The number of hydrogen-bond donors (Lipinski definition) is 1. The number of aryl methyl sites for hydroxylation is 1. The molecule has 0 radical (unpaired) electrons. The lowest BCUT2D eigenvalue weighted by Crippen LogP contribution is -2.05. The Morgan fingerprint density at radius 2 is 1.71 bits per heavy atom. The van der Waals surface area contributed by atoms with E-state index in [0.717, 1.165) is 17.7 Å². The van der Waals surface area contributed by atoms with E-state index in [0.29, 0.717) is 16.9 Å². The number of halogens is 3. The van der Waals surface area contributed by atoms with Crippen LogP contribution in [0, 0.1) is 6.92 Å². The van der Waals surface area contributed by atoms with Crippen LogP contribution in [0.5, 0.6) is 5.75 Å². The summed E-state index contributed by atoms with van der Waals surface area (Å²) in [7, 11) is 0. The van der Waals surface area contributed by atoms with Gasteiger partial charge in [-0.3, -0.25) is 0 Å². The predicted octanol–water partition coefficient (Wildman–Crippen LogP) is 4.09. The zero-order valence-electron chi connectivity index (χ0n) is 11.4. The average Bonchev–Trinajstić information content (AvgIpc) is 2.45. The SMILES string of the molecule is Cc1ccc(OCc2ccc(C(F)(F)F)cc2)c(CO)c1. The molecular weight excluding hydrogens is 281 g/mol. The van der Waals surface area contributed by atoms with Crippen molar-refractivity contribution in [2.24, 2.45) is 0 Å². The molecule has 1 N–H and O–H groups in total. The molecule has 0 aromatic heterocycles. The van der Waals surface area contributed by atoms with Gasteiger partial charge in [-0.1, -0.05) is 29.8 Å². The van der Waals surface area contributed by atoms with Crippen LogP contribution in [0.15, 0.2) is 42.5 Å². The number of aliphatic hydroxyl groups is 1. The Bertz CT molecular complexity index is 604. The number of rotatable bonds is 4. The van der Waals surface area contributed by atoms with Gasteiger partial charge < -0.3 is 9.84 Å². The normalized spacial score (nSPS) is 11.5. The molecule has 112 valence electrons. The van der Waals surface area contributed by atoms with Gasteiger partial charge in [0.05, 0.1) is 12.2 Å². The van der Waals surface area contributed by atoms with Gasteiger partial charge in [0, 0.05) is 5.56 Å². The Morgan fingerprint density at radius 1 is 1.05 bits per heavy atom. The van der Waals surface area contributed by atoms with Crippen molar-refractivity contribution >= 4 is 0 Å². The van der Waals surface area contributed by atoms with Gasteiger partial charge in [0.25, 0.3) is 0 Å². The van der Waals surface area contributed by atoms with Crippen LogP contribution < -0.4 is 4.74 Å². The van der Waals surface area contributed by atoms with Crippen LogP contribution in [0.25, 0.3) is 0 Å². The molecule has 5 heteroatoms. The van der Waals surface area contributed by atoms with E-state index in [-0.39, 0.29) is 13.2 Å². The number of hydrogen-bond acceptors (Lipinski definition) is 2. The zero-order valence-corrected chi connectivity index (χ0v) is 11.4. The maximum atomic E-state index is 12.4. The minimum Gasteiger partial charge on any atom is -0.489 e.